The van der Waals surface area contributed by atoms with Crippen molar-refractivity contribution in [2.45, 2.75) is 25.3 Å². The maximum Gasteiger partial charge on any atom is 0.243 e. The molecule has 0 radical (unpaired) electrons. The second kappa shape index (κ2) is 6.29. The van der Waals surface area contributed by atoms with E-state index < -0.39 is 10.0 Å². The second-order valence-corrected chi connectivity index (χ2v) is 6.89. The summed E-state index contributed by atoms with van der Waals surface area (Å²) < 4.78 is 26.8. The third-order valence-corrected chi connectivity index (χ3v) is 5.04. The Hall–Kier alpha value is -1.51. The van der Waals surface area contributed by atoms with Gasteiger partial charge in [-0.1, -0.05) is 0 Å². The summed E-state index contributed by atoms with van der Waals surface area (Å²) in [6.45, 7) is 4.83. The Kier molecular flexibility index (Phi) is 4.69. The van der Waals surface area contributed by atoms with Crippen molar-refractivity contribution < 1.29 is 8.42 Å². The summed E-state index contributed by atoms with van der Waals surface area (Å²) in [6.07, 6.45) is 2.60. The van der Waals surface area contributed by atoms with E-state index in [1.807, 2.05) is 25.3 Å². The number of rotatable bonds is 6. The predicted molar refractivity (Wildman–Crippen MR) is 79.3 cm³/mol. The Balaban J connectivity index is 2.08. The van der Waals surface area contributed by atoms with Crippen molar-refractivity contribution in [3.63, 3.8) is 0 Å². The van der Waals surface area contributed by atoms with E-state index in [2.05, 4.69) is 20.0 Å². The summed E-state index contributed by atoms with van der Waals surface area (Å²) in [4.78, 5) is 8.98. The molecule has 108 valence electrons. The molecule has 0 aromatic carbocycles. The fraction of sp³-hybridized carbons (Fsp3) is 0.333. The Labute approximate surface area is 122 Å². The molecule has 0 atom stereocenters. The van der Waals surface area contributed by atoms with E-state index in [0.717, 1.165) is 10.4 Å². The van der Waals surface area contributed by atoms with Crippen LogP contribution in [0.15, 0.2) is 28.7 Å². The summed E-state index contributed by atoms with van der Waals surface area (Å²) in [5, 5.41) is 4.85. The van der Waals surface area contributed by atoms with E-state index in [4.69, 9.17) is 0 Å². The number of sulfonamides is 1. The van der Waals surface area contributed by atoms with Crippen molar-refractivity contribution in [3.05, 3.63) is 34.3 Å². The molecule has 2 rings (SSSR count). The standard InChI is InChI=1S/C12H16N4O2S2/c1-3-13-12-14-6-10(7-15-12)20(17,18)16-8-11-9(2)4-5-19-11/h4-7,16H,3,8H2,1-2H3,(H,13,14,15). The molecule has 0 aliphatic rings. The fourth-order valence-corrected chi connectivity index (χ4v) is 3.35. The smallest absolute Gasteiger partial charge is 0.243 e. The molecule has 0 spiro atoms. The van der Waals surface area contributed by atoms with Gasteiger partial charge in [-0.2, -0.15) is 0 Å². The molecule has 2 aromatic heterocycles. The number of hydrogen-bond donors (Lipinski definition) is 2. The highest BCUT2D eigenvalue weighted by atomic mass is 32.2. The molecule has 2 aromatic rings. The van der Waals surface area contributed by atoms with Crippen molar-refractivity contribution >= 4 is 27.3 Å². The number of anilines is 1. The van der Waals surface area contributed by atoms with Gasteiger partial charge in [-0.25, -0.2) is 23.1 Å². The average Bonchev–Trinajstić information content (AvgIpc) is 2.83. The van der Waals surface area contributed by atoms with Crippen LogP contribution in [0.25, 0.3) is 0 Å². The van der Waals surface area contributed by atoms with Gasteiger partial charge in [-0.05, 0) is 30.9 Å². The Bertz CT molecular complexity index is 665. The van der Waals surface area contributed by atoms with Crippen LogP contribution in [0.4, 0.5) is 5.95 Å². The third-order valence-electron chi connectivity index (χ3n) is 2.66. The number of nitrogens with zero attached hydrogens (tertiary/aromatic N) is 2. The maximum atomic E-state index is 12.1. The lowest BCUT2D eigenvalue weighted by Gasteiger charge is -2.06. The van der Waals surface area contributed by atoms with Crippen LogP contribution in [0.3, 0.4) is 0 Å². The minimum atomic E-state index is -3.58. The van der Waals surface area contributed by atoms with Crippen LogP contribution >= 0.6 is 11.3 Å². The maximum absolute atomic E-state index is 12.1. The van der Waals surface area contributed by atoms with Gasteiger partial charge in [0.05, 0.1) is 12.4 Å². The van der Waals surface area contributed by atoms with Crippen molar-refractivity contribution in [3.8, 4) is 0 Å². The van der Waals surface area contributed by atoms with E-state index in [1.54, 1.807) is 0 Å². The lowest BCUT2D eigenvalue weighted by atomic mass is 10.3. The normalized spacial score (nSPS) is 11.5. The summed E-state index contributed by atoms with van der Waals surface area (Å²) >= 11 is 1.53. The lowest BCUT2D eigenvalue weighted by Crippen LogP contribution is -2.23. The Morgan fingerprint density at radius 2 is 2.00 bits per heavy atom. The average molecular weight is 312 g/mol. The number of aryl methyl sites for hydroxylation is 1. The van der Waals surface area contributed by atoms with E-state index >= 15 is 0 Å². The third kappa shape index (κ3) is 3.53. The van der Waals surface area contributed by atoms with Gasteiger partial charge in [-0.3, -0.25) is 0 Å². The monoisotopic (exact) mass is 312 g/mol. The molecule has 0 saturated heterocycles. The quantitative estimate of drug-likeness (QED) is 0.849. The van der Waals surface area contributed by atoms with Crippen LogP contribution in [0.5, 0.6) is 0 Å². The van der Waals surface area contributed by atoms with Crippen LogP contribution in [-0.2, 0) is 16.6 Å². The van der Waals surface area contributed by atoms with Gasteiger partial charge in [0.2, 0.25) is 16.0 Å². The van der Waals surface area contributed by atoms with E-state index in [-0.39, 0.29) is 11.4 Å². The van der Waals surface area contributed by atoms with Gasteiger partial charge in [0.25, 0.3) is 0 Å². The Morgan fingerprint density at radius 3 is 2.55 bits per heavy atom. The van der Waals surface area contributed by atoms with Gasteiger partial charge < -0.3 is 5.32 Å². The zero-order chi connectivity index (χ0) is 14.6. The van der Waals surface area contributed by atoms with E-state index in [9.17, 15) is 8.42 Å². The summed E-state index contributed by atoms with van der Waals surface area (Å²) in [7, 11) is -3.58. The van der Waals surface area contributed by atoms with Gasteiger partial charge in [0.1, 0.15) is 4.90 Å². The first-order valence-electron chi connectivity index (χ1n) is 6.11. The van der Waals surface area contributed by atoms with Gasteiger partial charge >= 0.3 is 0 Å². The van der Waals surface area contributed by atoms with Crippen LogP contribution in [0.1, 0.15) is 17.4 Å². The summed E-state index contributed by atoms with van der Waals surface area (Å²) in [6, 6.07) is 1.96. The SMILES string of the molecule is CCNc1ncc(S(=O)(=O)NCc2sccc2C)cn1. The second-order valence-electron chi connectivity index (χ2n) is 4.12. The summed E-state index contributed by atoms with van der Waals surface area (Å²) in [5.74, 6) is 0.417. The molecule has 20 heavy (non-hydrogen) atoms. The van der Waals surface area contributed by atoms with Gasteiger partial charge in [0, 0.05) is 18.0 Å². The van der Waals surface area contributed by atoms with Crippen molar-refractivity contribution in [1.29, 1.82) is 0 Å². The van der Waals surface area contributed by atoms with Crippen molar-refractivity contribution in [2.75, 3.05) is 11.9 Å². The largest absolute Gasteiger partial charge is 0.355 e. The first kappa shape index (κ1) is 14.9. The molecule has 0 unspecified atom stereocenters. The summed E-state index contributed by atoms with van der Waals surface area (Å²) in [5.41, 5.74) is 1.08. The van der Waals surface area contributed by atoms with Crippen molar-refractivity contribution in [2.24, 2.45) is 0 Å². The molecule has 0 aliphatic carbocycles. The zero-order valence-corrected chi connectivity index (χ0v) is 12.9. The topological polar surface area (TPSA) is 84.0 Å². The number of thiophene rings is 1. The molecule has 0 amide bonds. The molecule has 8 heteroatoms. The molecular formula is C12H16N4O2S2. The molecule has 0 aliphatic heterocycles. The fourth-order valence-electron chi connectivity index (χ4n) is 1.53. The minimum absolute atomic E-state index is 0.0633. The molecule has 0 saturated carbocycles. The van der Waals surface area contributed by atoms with Crippen LogP contribution in [0.2, 0.25) is 0 Å². The number of hydrogen-bond acceptors (Lipinski definition) is 6. The highest BCUT2D eigenvalue weighted by molar-refractivity contribution is 7.89. The highest BCUT2D eigenvalue weighted by Gasteiger charge is 2.15. The van der Waals surface area contributed by atoms with Gasteiger partial charge in [0.15, 0.2) is 0 Å². The van der Waals surface area contributed by atoms with Crippen LogP contribution < -0.4 is 10.0 Å². The number of aromatic nitrogens is 2. The number of nitrogens with one attached hydrogen (secondary N) is 2. The van der Waals surface area contributed by atoms with E-state index in [0.29, 0.717) is 12.5 Å². The first-order chi connectivity index (χ1) is 9.53. The van der Waals surface area contributed by atoms with Crippen LogP contribution in [-0.4, -0.2) is 24.9 Å². The highest BCUT2D eigenvalue weighted by Crippen LogP contribution is 2.16. The molecular weight excluding hydrogens is 296 g/mol. The zero-order valence-electron chi connectivity index (χ0n) is 11.3. The molecule has 0 fully saturated rings. The van der Waals surface area contributed by atoms with Gasteiger partial charge in [-0.15, -0.1) is 11.3 Å². The molecule has 0 bridgehead atoms. The van der Waals surface area contributed by atoms with E-state index in [1.165, 1.54) is 23.7 Å². The predicted octanol–water partition coefficient (Wildman–Crippen LogP) is 1.76. The van der Waals surface area contributed by atoms with Crippen molar-refractivity contribution in [1.82, 2.24) is 14.7 Å². The van der Waals surface area contributed by atoms with Crippen LogP contribution in [0, 0.1) is 6.92 Å². The molecule has 6 nitrogen and oxygen atoms in total. The minimum Gasteiger partial charge on any atom is -0.355 e. The Morgan fingerprint density at radius 1 is 1.30 bits per heavy atom. The molecule has 2 heterocycles. The first-order valence-corrected chi connectivity index (χ1v) is 8.47. The molecule has 2 N–H and O–H groups in total. The lowest BCUT2D eigenvalue weighted by molar-refractivity contribution is 0.581.